The molecule has 2 atom stereocenters. The fraction of sp³-hybridized carbons (Fsp3) is 0.889. The molecule has 0 saturated heterocycles. The molecule has 0 aliphatic heterocycles. The zero-order valence-corrected chi connectivity index (χ0v) is 16.4. The lowest BCUT2D eigenvalue weighted by molar-refractivity contribution is 0.148. The molecular weight excluding hydrogens is 342 g/mol. The van der Waals surface area contributed by atoms with E-state index in [1.54, 1.807) is 6.08 Å². The van der Waals surface area contributed by atoms with Gasteiger partial charge < -0.3 is 10.8 Å². The highest BCUT2D eigenvalue weighted by Crippen LogP contribution is 2.12. The Balaban J connectivity index is 3.47. The van der Waals surface area contributed by atoms with Crippen LogP contribution in [0, 0.1) is 0 Å². The maximum absolute atomic E-state index is 10.4. The lowest BCUT2D eigenvalue weighted by Gasteiger charge is -2.14. The number of unbranched alkanes of at least 4 members (excludes halogenated alkanes) is 11. The predicted molar refractivity (Wildman–Crippen MR) is 102 cm³/mol. The van der Waals surface area contributed by atoms with Crippen LogP contribution in [0.3, 0.4) is 0 Å². The topological polar surface area (TPSA) is 110 Å². The molecular formula is C18H37NO5S. The van der Waals surface area contributed by atoms with Crippen LogP contribution in [0.4, 0.5) is 0 Å². The Labute approximate surface area is 153 Å². The predicted octanol–water partition coefficient (Wildman–Crippen LogP) is 3.75. The fourth-order valence-corrected chi connectivity index (χ4v) is 2.90. The van der Waals surface area contributed by atoms with Gasteiger partial charge >= 0.3 is 10.4 Å². The van der Waals surface area contributed by atoms with E-state index in [-0.39, 0.29) is 0 Å². The minimum atomic E-state index is -4.52. The van der Waals surface area contributed by atoms with Gasteiger partial charge in [-0.1, -0.05) is 83.3 Å². The van der Waals surface area contributed by atoms with Gasteiger partial charge in [0.2, 0.25) is 0 Å². The molecule has 0 heterocycles. The van der Waals surface area contributed by atoms with E-state index in [1.807, 2.05) is 6.08 Å². The lowest BCUT2D eigenvalue weighted by Crippen LogP contribution is -2.38. The zero-order chi connectivity index (χ0) is 19.0. The standard InChI is InChI=1S/C18H37NO5S/c1-2-3-4-5-6-7-8-9-10-11-12-13-14-15-18(20)17(19)16-24-25(21,22)23/h14-15,17-18,20H,2-13,16,19H2,1H3,(H,21,22,23). The average molecular weight is 380 g/mol. The molecule has 150 valence electrons. The van der Waals surface area contributed by atoms with Gasteiger partial charge in [0, 0.05) is 0 Å². The third-order valence-corrected chi connectivity index (χ3v) is 4.59. The molecule has 0 saturated carbocycles. The molecule has 0 radical (unpaired) electrons. The van der Waals surface area contributed by atoms with Crippen molar-refractivity contribution in [2.75, 3.05) is 6.61 Å². The first kappa shape index (κ1) is 24.5. The Morgan fingerprint density at radius 2 is 1.44 bits per heavy atom. The van der Waals surface area contributed by atoms with Crippen LogP contribution in [0.25, 0.3) is 0 Å². The summed E-state index contributed by atoms with van der Waals surface area (Å²) in [7, 11) is -4.52. The summed E-state index contributed by atoms with van der Waals surface area (Å²) >= 11 is 0. The highest BCUT2D eigenvalue weighted by Gasteiger charge is 2.15. The Morgan fingerprint density at radius 1 is 0.960 bits per heavy atom. The fourth-order valence-electron chi connectivity index (χ4n) is 2.57. The van der Waals surface area contributed by atoms with Gasteiger partial charge in [-0.25, -0.2) is 4.18 Å². The van der Waals surface area contributed by atoms with Gasteiger partial charge in [0.1, 0.15) is 0 Å². The molecule has 0 aromatic carbocycles. The van der Waals surface area contributed by atoms with Crippen LogP contribution in [0.5, 0.6) is 0 Å². The molecule has 6 nitrogen and oxygen atoms in total. The van der Waals surface area contributed by atoms with Crippen LogP contribution < -0.4 is 5.73 Å². The van der Waals surface area contributed by atoms with Crippen LogP contribution in [0.1, 0.15) is 84.0 Å². The smallest absolute Gasteiger partial charge is 0.387 e. The van der Waals surface area contributed by atoms with Gasteiger partial charge in [-0.2, -0.15) is 8.42 Å². The molecule has 0 spiro atoms. The number of aliphatic hydroxyl groups is 1. The highest BCUT2D eigenvalue weighted by atomic mass is 32.3. The third-order valence-electron chi connectivity index (χ3n) is 4.16. The molecule has 0 aliphatic carbocycles. The number of nitrogens with two attached hydrogens (primary N) is 1. The number of rotatable bonds is 17. The third kappa shape index (κ3) is 18.1. The molecule has 0 rings (SSSR count). The van der Waals surface area contributed by atoms with E-state index in [0.717, 1.165) is 12.8 Å². The quantitative estimate of drug-likeness (QED) is 0.202. The van der Waals surface area contributed by atoms with E-state index >= 15 is 0 Å². The minimum Gasteiger partial charge on any atom is -0.387 e. The second-order valence-electron chi connectivity index (χ2n) is 6.62. The van der Waals surface area contributed by atoms with Crippen LogP contribution in [-0.2, 0) is 14.6 Å². The second kappa shape index (κ2) is 15.8. The van der Waals surface area contributed by atoms with Crippen molar-refractivity contribution in [1.82, 2.24) is 0 Å². The van der Waals surface area contributed by atoms with E-state index in [4.69, 9.17) is 10.3 Å². The molecule has 0 fully saturated rings. The van der Waals surface area contributed by atoms with Crippen molar-refractivity contribution in [3.05, 3.63) is 12.2 Å². The molecule has 25 heavy (non-hydrogen) atoms. The van der Waals surface area contributed by atoms with Gasteiger partial charge in [-0.15, -0.1) is 0 Å². The average Bonchev–Trinajstić information content (AvgIpc) is 2.56. The zero-order valence-electron chi connectivity index (χ0n) is 15.6. The van der Waals surface area contributed by atoms with E-state index in [0.29, 0.717) is 0 Å². The van der Waals surface area contributed by atoms with Crippen molar-refractivity contribution in [2.45, 2.75) is 96.1 Å². The molecule has 2 unspecified atom stereocenters. The van der Waals surface area contributed by atoms with E-state index in [1.165, 1.54) is 64.2 Å². The van der Waals surface area contributed by atoms with Crippen molar-refractivity contribution in [3.63, 3.8) is 0 Å². The molecule has 7 heteroatoms. The molecule has 0 aromatic rings. The minimum absolute atomic E-state index is 0.456. The SMILES string of the molecule is CCCCCCCCCCCCCC=CC(O)C(N)COS(=O)(=O)O. The molecule has 0 aliphatic rings. The van der Waals surface area contributed by atoms with Crippen molar-refractivity contribution in [3.8, 4) is 0 Å². The Kier molecular flexibility index (Phi) is 15.5. The molecule has 0 aromatic heterocycles. The van der Waals surface area contributed by atoms with Crippen molar-refractivity contribution in [2.24, 2.45) is 5.73 Å². The highest BCUT2D eigenvalue weighted by molar-refractivity contribution is 7.80. The van der Waals surface area contributed by atoms with E-state index in [9.17, 15) is 13.5 Å². The normalized spacial score (nSPS) is 14.9. The van der Waals surface area contributed by atoms with Gasteiger partial charge in [0.25, 0.3) is 0 Å². The molecule has 0 amide bonds. The summed E-state index contributed by atoms with van der Waals surface area (Å²) in [5.41, 5.74) is 5.57. The summed E-state index contributed by atoms with van der Waals surface area (Å²) in [6, 6.07) is -0.893. The number of hydrogen-bond donors (Lipinski definition) is 3. The van der Waals surface area contributed by atoms with Crippen molar-refractivity contribution < 1.29 is 22.3 Å². The van der Waals surface area contributed by atoms with Crippen LogP contribution in [0.15, 0.2) is 12.2 Å². The Morgan fingerprint density at radius 3 is 1.92 bits per heavy atom. The summed E-state index contributed by atoms with van der Waals surface area (Å²) in [5.74, 6) is 0. The van der Waals surface area contributed by atoms with Gasteiger partial charge in [-0.3, -0.25) is 4.55 Å². The lowest BCUT2D eigenvalue weighted by atomic mass is 10.0. The summed E-state index contributed by atoms with van der Waals surface area (Å²) in [4.78, 5) is 0. The van der Waals surface area contributed by atoms with E-state index in [2.05, 4.69) is 11.1 Å². The number of aliphatic hydroxyl groups excluding tert-OH is 1. The van der Waals surface area contributed by atoms with Crippen LogP contribution in [-0.4, -0.2) is 36.8 Å². The van der Waals surface area contributed by atoms with Gasteiger partial charge in [0.15, 0.2) is 0 Å². The summed E-state index contributed by atoms with van der Waals surface area (Å²) in [6.07, 6.45) is 17.5. The summed E-state index contributed by atoms with van der Waals surface area (Å²) in [6.45, 7) is 1.78. The van der Waals surface area contributed by atoms with Crippen molar-refractivity contribution >= 4 is 10.4 Å². The largest absolute Gasteiger partial charge is 0.397 e. The monoisotopic (exact) mass is 379 g/mol. The number of hydrogen-bond acceptors (Lipinski definition) is 5. The molecule has 0 bridgehead atoms. The van der Waals surface area contributed by atoms with Crippen LogP contribution >= 0.6 is 0 Å². The first-order valence-electron chi connectivity index (χ1n) is 9.59. The second-order valence-corrected chi connectivity index (χ2v) is 7.71. The maximum atomic E-state index is 10.4. The molecule has 4 N–H and O–H groups in total. The first-order chi connectivity index (χ1) is 11.9. The van der Waals surface area contributed by atoms with Crippen molar-refractivity contribution in [1.29, 1.82) is 0 Å². The first-order valence-corrected chi connectivity index (χ1v) is 11.0. The summed E-state index contributed by atoms with van der Waals surface area (Å²) < 4.78 is 33.4. The Hall–Kier alpha value is -0.470. The maximum Gasteiger partial charge on any atom is 0.397 e. The number of allylic oxidation sites excluding steroid dienone is 1. The summed E-state index contributed by atoms with van der Waals surface area (Å²) in [5, 5.41) is 9.72. The van der Waals surface area contributed by atoms with E-state index < -0.39 is 29.2 Å². The van der Waals surface area contributed by atoms with Gasteiger partial charge in [0.05, 0.1) is 18.8 Å². The Bertz CT molecular complexity index is 425. The van der Waals surface area contributed by atoms with Gasteiger partial charge in [-0.05, 0) is 12.8 Å². The van der Waals surface area contributed by atoms with Crippen LogP contribution in [0.2, 0.25) is 0 Å².